The van der Waals surface area contributed by atoms with Crippen LogP contribution in [-0.4, -0.2) is 20.4 Å². The summed E-state index contributed by atoms with van der Waals surface area (Å²) in [4.78, 5) is 33.4. The van der Waals surface area contributed by atoms with Crippen LogP contribution < -0.4 is 10.9 Å². The van der Waals surface area contributed by atoms with Gasteiger partial charge >= 0.3 is 0 Å². The second kappa shape index (κ2) is 8.22. The van der Waals surface area contributed by atoms with Crippen molar-refractivity contribution in [1.29, 1.82) is 0 Å². The minimum absolute atomic E-state index is 0.0932. The molecule has 0 saturated heterocycles. The van der Waals surface area contributed by atoms with Crippen LogP contribution in [0.5, 0.6) is 0 Å². The van der Waals surface area contributed by atoms with Crippen LogP contribution in [0.15, 0.2) is 63.4 Å². The third kappa shape index (κ3) is 4.41. The van der Waals surface area contributed by atoms with Crippen molar-refractivity contribution in [3.8, 4) is 11.3 Å². The second-order valence-corrected chi connectivity index (χ2v) is 8.02. The molecule has 4 aromatic rings. The molecule has 0 aliphatic heterocycles. The third-order valence-corrected chi connectivity index (χ3v) is 5.49. The molecular weight excluding hydrogens is 459 g/mol. The fraction of sp³-hybridized carbons (Fsp3) is 0.100. The van der Waals surface area contributed by atoms with Crippen molar-refractivity contribution >= 4 is 49.2 Å². The van der Waals surface area contributed by atoms with Crippen molar-refractivity contribution < 1.29 is 9.18 Å². The Morgan fingerprint density at radius 3 is 2.93 bits per heavy atom. The second-order valence-electron chi connectivity index (χ2n) is 6.25. The van der Waals surface area contributed by atoms with E-state index in [1.165, 1.54) is 34.4 Å². The summed E-state index contributed by atoms with van der Waals surface area (Å²) in [5.41, 5.74) is 1.63. The predicted octanol–water partition coefficient (Wildman–Crippen LogP) is 4.45. The van der Waals surface area contributed by atoms with Crippen molar-refractivity contribution in [2.24, 2.45) is 0 Å². The van der Waals surface area contributed by atoms with Crippen molar-refractivity contribution in [2.75, 3.05) is 5.32 Å². The Labute approximate surface area is 177 Å². The van der Waals surface area contributed by atoms with Gasteiger partial charge in [0.05, 0.1) is 22.9 Å². The van der Waals surface area contributed by atoms with Gasteiger partial charge in [0.25, 0.3) is 5.56 Å². The zero-order valence-electron chi connectivity index (χ0n) is 14.9. The van der Waals surface area contributed by atoms with E-state index in [4.69, 9.17) is 0 Å². The Hall–Kier alpha value is -2.91. The lowest BCUT2D eigenvalue weighted by Gasteiger charge is -2.07. The molecule has 1 amide bonds. The highest BCUT2D eigenvalue weighted by molar-refractivity contribution is 9.10. The number of carbonyl (C=O) groups is 1. The number of rotatable bonds is 5. The van der Waals surface area contributed by atoms with Gasteiger partial charge in [-0.3, -0.25) is 14.2 Å². The summed E-state index contributed by atoms with van der Waals surface area (Å²) >= 11 is 4.60. The maximum atomic E-state index is 13.4. The number of carbonyl (C=O) groups excluding carboxylic acids is 1. The van der Waals surface area contributed by atoms with Crippen LogP contribution in [0.25, 0.3) is 22.2 Å². The molecule has 0 fully saturated rings. The molecule has 6 nitrogen and oxygen atoms in total. The number of aryl methyl sites for hydroxylation is 1. The number of benzene rings is 2. The minimum atomic E-state index is -0.345. The topological polar surface area (TPSA) is 76.9 Å². The molecule has 2 aromatic heterocycles. The standard InChI is InChI=1S/C20H14BrFN4O2S/c21-13-4-5-16-15(9-13)19(28)26(11-23-16)7-6-18(27)25-20-24-17(10-29-20)12-2-1-3-14(22)8-12/h1-5,8-11H,6-7H2,(H,24,25,27). The molecule has 0 aliphatic carbocycles. The van der Waals surface area contributed by atoms with Crippen LogP contribution >= 0.6 is 27.3 Å². The largest absolute Gasteiger partial charge is 0.302 e. The summed E-state index contributed by atoms with van der Waals surface area (Å²) < 4.78 is 15.6. The van der Waals surface area contributed by atoms with Crippen LogP contribution in [-0.2, 0) is 11.3 Å². The van der Waals surface area contributed by atoms with Gasteiger partial charge in [-0.2, -0.15) is 0 Å². The predicted molar refractivity (Wildman–Crippen MR) is 114 cm³/mol. The quantitative estimate of drug-likeness (QED) is 0.465. The van der Waals surface area contributed by atoms with E-state index in [1.54, 1.807) is 29.6 Å². The summed E-state index contributed by atoms with van der Waals surface area (Å²) in [5, 5.41) is 5.37. The van der Waals surface area contributed by atoms with Gasteiger partial charge in [0, 0.05) is 28.4 Å². The van der Waals surface area contributed by atoms with Gasteiger partial charge in [-0.15, -0.1) is 11.3 Å². The van der Waals surface area contributed by atoms with Gasteiger partial charge in [-0.05, 0) is 30.3 Å². The fourth-order valence-corrected chi connectivity index (χ4v) is 3.90. The smallest absolute Gasteiger partial charge is 0.261 e. The number of hydrogen-bond donors (Lipinski definition) is 1. The monoisotopic (exact) mass is 472 g/mol. The summed E-state index contributed by atoms with van der Waals surface area (Å²) in [7, 11) is 0. The molecule has 2 aromatic carbocycles. The summed E-state index contributed by atoms with van der Waals surface area (Å²) in [6.45, 7) is 0.197. The van der Waals surface area contributed by atoms with Crippen molar-refractivity contribution in [1.82, 2.24) is 14.5 Å². The highest BCUT2D eigenvalue weighted by Crippen LogP contribution is 2.25. The highest BCUT2D eigenvalue weighted by atomic mass is 79.9. The molecule has 0 atom stereocenters. The van der Waals surface area contributed by atoms with E-state index in [0.717, 1.165) is 4.47 Å². The number of thiazole rings is 1. The molecule has 0 spiro atoms. The molecule has 2 heterocycles. The Bertz CT molecular complexity index is 1270. The first-order valence-corrected chi connectivity index (χ1v) is 10.3. The van der Waals surface area contributed by atoms with E-state index >= 15 is 0 Å². The molecule has 0 bridgehead atoms. The Kier molecular flexibility index (Phi) is 5.50. The first-order valence-electron chi connectivity index (χ1n) is 8.65. The van der Waals surface area contributed by atoms with Gasteiger partial charge in [-0.1, -0.05) is 28.1 Å². The maximum Gasteiger partial charge on any atom is 0.261 e. The highest BCUT2D eigenvalue weighted by Gasteiger charge is 2.10. The zero-order valence-corrected chi connectivity index (χ0v) is 17.3. The van der Waals surface area contributed by atoms with E-state index < -0.39 is 0 Å². The van der Waals surface area contributed by atoms with E-state index in [9.17, 15) is 14.0 Å². The Balaban J connectivity index is 1.43. The van der Waals surface area contributed by atoms with Crippen molar-refractivity contribution in [3.63, 3.8) is 0 Å². The van der Waals surface area contributed by atoms with Gasteiger partial charge in [0.15, 0.2) is 5.13 Å². The van der Waals surface area contributed by atoms with Crippen LogP contribution in [0.3, 0.4) is 0 Å². The van der Waals surface area contributed by atoms with E-state index in [-0.39, 0.29) is 30.2 Å². The number of fused-ring (bicyclic) bond motifs is 1. The number of nitrogens with one attached hydrogen (secondary N) is 1. The lowest BCUT2D eigenvalue weighted by molar-refractivity contribution is -0.116. The Morgan fingerprint density at radius 2 is 2.10 bits per heavy atom. The maximum absolute atomic E-state index is 13.4. The Morgan fingerprint density at radius 1 is 1.24 bits per heavy atom. The molecule has 0 radical (unpaired) electrons. The third-order valence-electron chi connectivity index (χ3n) is 4.24. The number of halogens is 2. The van der Waals surface area contributed by atoms with E-state index in [0.29, 0.717) is 27.3 Å². The first-order chi connectivity index (χ1) is 14.0. The summed E-state index contributed by atoms with van der Waals surface area (Å²) in [5.74, 6) is -0.617. The number of nitrogens with zero attached hydrogens (tertiary/aromatic N) is 3. The van der Waals surface area contributed by atoms with Gasteiger partial charge < -0.3 is 5.32 Å². The summed E-state index contributed by atoms with van der Waals surface area (Å²) in [6.07, 6.45) is 1.53. The van der Waals surface area contributed by atoms with Crippen LogP contribution in [0, 0.1) is 5.82 Å². The molecule has 4 rings (SSSR count). The SMILES string of the molecule is O=C(CCn1cnc2ccc(Br)cc2c1=O)Nc1nc(-c2cccc(F)c2)cs1. The lowest BCUT2D eigenvalue weighted by atomic mass is 10.2. The van der Waals surface area contributed by atoms with Gasteiger partial charge in [-0.25, -0.2) is 14.4 Å². The van der Waals surface area contributed by atoms with E-state index in [2.05, 4.69) is 31.2 Å². The average molecular weight is 473 g/mol. The zero-order chi connectivity index (χ0) is 20.4. The van der Waals surface area contributed by atoms with E-state index in [1.807, 2.05) is 6.07 Å². The van der Waals surface area contributed by atoms with Crippen molar-refractivity contribution in [2.45, 2.75) is 13.0 Å². The number of aromatic nitrogens is 3. The molecule has 9 heteroatoms. The van der Waals surface area contributed by atoms with Crippen molar-refractivity contribution in [3.05, 3.63) is 74.8 Å². The number of anilines is 1. The normalized spacial score (nSPS) is 11.0. The van der Waals surface area contributed by atoms with Crippen LogP contribution in [0.1, 0.15) is 6.42 Å². The molecule has 0 aliphatic rings. The molecule has 1 N–H and O–H groups in total. The van der Waals surface area contributed by atoms with Crippen LogP contribution in [0.2, 0.25) is 0 Å². The lowest BCUT2D eigenvalue weighted by Crippen LogP contribution is -2.23. The van der Waals surface area contributed by atoms with Crippen LogP contribution in [0.4, 0.5) is 9.52 Å². The number of hydrogen-bond acceptors (Lipinski definition) is 5. The van der Waals surface area contributed by atoms with Gasteiger partial charge in [0.2, 0.25) is 5.91 Å². The van der Waals surface area contributed by atoms with Gasteiger partial charge in [0.1, 0.15) is 5.82 Å². The minimum Gasteiger partial charge on any atom is -0.302 e. The average Bonchev–Trinajstić information content (AvgIpc) is 3.16. The number of amides is 1. The molecular formula is C20H14BrFN4O2S. The molecule has 29 heavy (non-hydrogen) atoms. The first kappa shape index (κ1) is 19.4. The molecule has 0 unspecified atom stereocenters. The summed E-state index contributed by atoms with van der Waals surface area (Å²) in [6, 6.07) is 11.4. The molecule has 0 saturated carbocycles. The molecule has 146 valence electrons. The fourth-order valence-electron chi connectivity index (χ4n) is 2.81.